The van der Waals surface area contributed by atoms with Crippen LogP contribution in [-0.4, -0.2) is 12.1 Å². The third-order valence-electron chi connectivity index (χ3n) is 2.32. The number of halogens is 2. The Labute approximate surface area is 105 Å². The molecule has 1 N–H and O–H groups in total. The number of rotatable bonds is 1. The minimum Gasteiger partial charge on any atom is -0.357 e. The molecule has 0 spiro atoms. The molecule has 0 radical (unpaired) electrons. The minimum atomic E-state index is 0. The summed E-state index contributed by atoms with van der Waals surface area (Å²) in [6.45, 7) is 5.03. The number of benzene rings is 1. The highest BCUT2D eigenvalue weighted by Crippen LogP contribution is 2.30. The van der Waals surface area contributed by atoms with Crippen molar-refractivity contribution < 1.29 is 4.74 Å². The summed E-state index contributed by atoms with van der Waals surface area (Å²) in [7, 11) is 0. The van der Waals surface area contributed by atoms with Crippen molar-refractivity contribution in [3.8, 4) is 0 Å². The van der Waals surface area contributed by atoms with E-state index in [1.807, 2.05) is 18.2 Å². The highest BCUT2D eigenvalue weighted by molar-refractivity contribution is 9.10. The molecule has 0 aromatic heterocycles. The molecule has 1 atom stereocenters. The Morgan fingerprint density at radius 3 is 2.60 bits per heavy atom. The first kappa shape index (κ1) is 13.0. The summed E-state index contributed by atoms with van der Waals surface area (Å²) in [5.74, 6) is 0. The standard InChI is InChI=1S/C11H14BrNO.ClH/c1-11(2)7-14-10(13-11)8-5-3-4-6-9(8)12;/h3-6,10,13H,7H2,1-2H3;1H. The first-order valence-electron chi connectivity index (χ1n) is 4.72. The van der Waals surface area contributed by atoms with Gasteiger partial charge in [0.1, 0.15) is 6.23 Å². The summed E-state index contributed by atoms with van der Waals surface area (Å²) >= 11 is 3.52. The second kappa shape index (κ2) is 4.83. The molecule has 0 bridgehead atoms. The van der Waals surface area contributed by atoms with Gasteiger partial charge in [-0.05, 0) is 19.9 Å². The first-order valence-corrected chi connectivity index (χ1v) is 5.51. The van der Waals surface area contributed by atoms with Crippen molar-refractivity contribution in [3.63, 3.8) is 0 Å². The fraction of sp³-hybridized carbons (Fsp3) is 0.455. The fourth-order valence-corrected chi connectivity index (χ4v) is 2.08. The lowest BCUT2D eigenvalue weighted by atomic mass is 10.1. The van der Waals surface area contributed by atoms with Gasteiger partial charge in [-0.25, -0.2) is 0 Å². The van der Waals surface area contributed by atoms with Gasteiger partial charge in [-0.2, -0.15) is 0 Å². The van der Waals surface area contributed by atoms with Gasteiger partial charge in [0.15, 0.2) is 0 Å². The van der Waals surface area contributed by atoms with Crippen LogP contribution in [0.2, 0.25) is 0 Å². The molecule has 1 unspecified atom stereocenters. The Kier molecular flexibility index (Phi) is 4.18. The van der Waals surface area contributed by atoms with E-state index in [1.165, 1.54) is 0 Å². The molecule has 1 heterocycles. The van der Waals surface area contributed by atoms with Crippen LogP contribution in [-0.2, 0) is 4.74 Å². The maximum absolute atomic E-state index is 5.69. The van der Waals surface area contributed by atoms with Crippen LogP contribution in [0.4, 0.5) is 0 Å². The molecule has 1 aliphatic rings. The summed E-state index contributed by atoms with van der Waals surface area (Å²) in [4.78, 5) is 0. The Morgan fingerprint density at radius 1 is 1.40 bits per heavy atom. The molecule has 1 aromatic rings. The highest BCUT2D eigenvalue weighted by atomic mass is 79.9. The zero-order valence-corrected chi connectivity index (χ0v) is 11.2. The van der Waals surface area contributed by atoms with Gasteiger partial charge in [0.25, 0.3) is 0 Å². The lowest BCUT2D eigenvalue weighted by molar-refractivity contribution is 0.0984. The Morgan fingerprint density at radius 2 is 2.07 bits per heavy atom. The summed E-state index contributed by atoms with van der Waals surface area (Å²) < 4.78 is 6.79. The SMILES string of the molecule is CC1(C)COC(c2ccccc2Br)N1.Cl. The van der Waals surface area contributed by atoms with Crippen LogP contribution in [0.3, 0.4) is 0 Å². The normalized spacial score (nSPS) is 23.5. The van der Waals surface area contributed by atoms with Crippen LogP contribution in [0.15, 0.2) is 28.7 Å². The first-order chi connectivity index (χ1) is 6.58. The summed E-state index contributed by atoms with van der Waals surface area (Å²) in [6, 6.07) is 8.14. The van der Waals surface area contributed by atoms with E-state index >= 15 is 0 Å². The topological polar surface area (TPSA) is 21.3 Å². The van der Waals surface area contributed by atoms with Crippen molar-refractivity contribution in [2.75, 3.05) is 6.61 Å². The van der Waals surface area contributed by atoms with E-state index < -0.39 is 0 Å². The molecular weight excluding hydrogens is 277 g/mol. The average Bonchev–Trinajstić information content (AvgIpc) is 2.47. The monoisotopic (exact) mass is 291 g/mol. The molecule has 0 saturated carbocycles. The Hall–Kier alpha value is -0.0900. The van der Waals surface area contributed by atoms with E-state index in [1.54, 1.807) is 0 Å². The van der Waals surface area contributed by atoms with Crippen molar-refractivity contribution in [2.45, 2.75) is 25.6 Å². The van der Waals surface area contributed by atoms with Crippen molar-refractivity contribution in [1.29, 1.82) is 0 Å². The van der Waals surface area contributed by atoms with E-state index in [-0.39, 0.29) is 24.2 Å². The number of ether oxygens (including phenoxy) is 1. The molecule has 15 heavy (non-hydrogen) atoms. The number of hydrogen-bond acceptors (Lipinski definition) is 2. The molecule has 84 valence electrons. The van der Waals surface area contributed by atoms with Crippen molar-refractivity contribution >= 4 is 28.3 Å². The molecule has 4 heteroatoms. The van der Waals surface area contributed by atoms with Gasteiger partial charge in [0, 0.05) is 15.6 Å². The van der Waals surface area contributed by atoms with Gasteiger partial charge >= 0.3 is 0 Å². The number of nitrogens with one attached hydrogen (secondary N) is 1. The second-order valence-corrected chi connectivity index (χ2v) is 5.10. The average molecular weight is 293 g/mol. The summed E-state index contributed by atoms with van der Waals surface area (Å²) in [6.07, 6.45) is 0.0144. The lowest BCUT2D eigenvalue weighted by Crippen LogP contribution is -2.35. The van der Waals surface area contributed by atoms with Crippen molar-refractivity contribution in [1.82, 2.24) is 5.32 Å². The van der Waals surface area contributed by atoms with Crippen LogP contribution in [0, 0.1) is 0 Å². The zero-order valence-electron chi connectivity index (χ0n) is 8.79. The molecule has 1 saturated heterocycles. The van der Waals surface area contributed by atoms with Crippen LogP contribution in [0.25, 0.3) is 0 Å². The molecular formula is C11H15BrClNO. The van der Waals surface area contributed by atoms with Crippen LogP contribution in [0.1, 0.15) is 25.6 Å². The van der Waals surface area contributed by atoms with Crippen LogP contribution < -0.4 is 5.32 Å². The number of hydrogen-bond donors (Lipinski definition) is 1. The van der Waals surface area contributed by atoms with Crippen molar-refractivity contribution in [3.05, 3.63) is 34.3 Å². The Balaban J connectivity index is 0.00000112. The molecule has 2 nitrogen and oxygen atoms in total. The van der Waals surface area contributed by atoms with E-state index in [2.05, 4.69) is 41.2 Å². The van der Waals surface area contributed by atoms with Gasteiger partial charge in [0.05, 0.1) is 6.61 Å². The van der Waals surface area contributed by atoms with E-state index in [0.29, 0.717) is 0 Å². The van der Waals surface area contributed by atoms with Gasteiger partial charge in [-0.15, -0.1) is 12.4 Å². The smallest absolute Gasteiger partial charge is 0.135 e. The third kappa shape index (κ3) is 2.94. The lowest BCUT2D eigenvalue weighted by Gasteiger charge is -2.17. The summed E-state index contributed by atoms with van der Waals surface area (Å²) in [5.41, 5.74) is 1.23. The van der Waals surface area contributed by atoms with E-state index in [4.69, 9.17) is 4.74 Å². The maximum Gasteiger partial charge on any atom is 0.135 e. The van der Waals surface area contributed by atoms with Crippen LogP contribution in [0.5, 0.6) is 0 Å². The quantitative estimate of drug-likeness (QED) is 0.858. The molecule has 1 aliphatic heterocycles. The molecule has 1 aromatic carbocycles. The molecule has 1 fully saturated rings. The molecule has 0 amide bonds. The second-order valence-electron chi connectivity index (χ2n) is 4.24. The van der Waals surface area contributed by atoms with Crippen LogP contribution >= 0.6 is 28.3 Å². The Bertz CT molecular complexity index is 343. The zero-order chi connectivity index (χ0) is 10.2. The third-order valence-corrected chi connectivity index (χ3v) is 3.04. The predicted octanol–water partition coefficient (Wildman–Crippen LogP) is 3.27. The fourth-order valence-electron chi connectivity index (χ4n) is 1.59. The van der Waals surface area contributed by atoms with Gasteiger partial charge in [0.2, 0.25) is 0 Å². The van der Waals surface area contributed by atoms with Gasteiger partial charge in [-0.3, -0.25) is 5.32 Å². The largest absolute Gasteiger partial charge is 0.357 e. The van der Waals surface area contributed by atoms with E-state index in [9.17, 15) is 0 Å². The maximum atomic E-state index is 5.69. The van der Waals surface area contributed by atoms with Gasteiger partial charge in [-0.1, -0.05) is 34.1 Å². The molecule has 0 aliphatic carbocycles. The highest BCUT2D eigenvalue weighted by Gasteiger charge is 2.32. The predicted molar refractivity (Wildman–Crippen MR) is 67.3 cm³/mol. The summed E-state index contributed by atoms with van der Waals surface area (Å²) in [5, 5.41) is 3.44. The van der Waals surface area contributed by atoms with Crippen molar-refractivity contribution in [2.24, 2.45) is 0 Å². The minimum absolute atomic E-state index is 0. The molecule has 2 rings (SSSR count). The van der Waals surface area contributed by atoms with Gasteiger partial charge < -0.3 is 4.74 Å². The van der Waals surface area contributed by atoms with E-state index in [0.717, 1.165) is 16.6 Å².